The Balaban J connectivity index is 0.000000924. The Bertz CT molecular complexity index is 659. The molecule has 0 atom stereocenters. The largest absolute Gasteiger partial charge is 0.495 e. The van der Waals surface area contributed by atoms with Gasteiger partial charge in [-0.15, -0.1) is 0 Å². The maximum atomic E-state index is 5.55. The molecule has 2 heteroatoms. The van der Waals surface area contributed by atoms with Gasteiger partial charge in [0.05, 0.1) is 12.8 Å². The molecule has 2 aromatic rings. The SMILES string of the molecule is CC.COc1ccccc1N(C1=CC=CCC1)c1ccccc1. The topological polar surface area (TPSA) is 12.5 Å². The third-order valence-electron chi connectivity index (χ3n) is 3.62. The number of benzene rings is 2. The molecule has 0 unspecified atom stereocenters. The summed E-state index contributed by atoms with van der Waals surface area (Å²) >= 11 is 0. The van der Waals surface area contributed by atoms with Crippen molar-refractivity contribution in [2.24, 2.45) is 0 Å². The second-order valence-corrected chi connectivity index (χ2v) is 4.97. The number of hydrogen-bond donors (Lipinski definition) is 0. The summed E-state index contributed by atoms with van der Waals surface area (Å²) in [5.41, 5.74) is 3.52. The van der Waals surface area contributed by atoms with Gasteiger partial charge in [0.2, 0.25) is 0 Å². The highest BCUT2D eigenvalue weighted by atomic mass is 16.5. The lowest BCUT2D eigenvalue weighted by molar-refractivity contribution is 0.415. The van der Waals surface area contributed by atoms with Crippen molar-refractivity contribution in [3.8, 4) is 5.75 Å². The summed E-state index contributed by atoms with van der Waals surface area (Å²) in [7, 11) is 1.72. The molecule has 0 bridgehead atoms. The molecule has 1 aliphatic rings. The van der Waals surface area contributed by atoms with E-state index in [4.69, 9.17) is 4.74 Å². The lowest BCUT2D eigenvalue weighted by Crippen LogP contribution is -2.17. The van der Waals surface area contributed by atoms with Crippen LogP contribution < -0.4 is 9.64 Å². The number of rotatable bonds is 4. The van der Waals surface area contributed by atoms with Crippen LogP contribution in [0.5, 0.6) is 5.75 Å². The van der Waals surface area contributed by atoms with E-state index in [-0.39, 0.29) is 0 Å². The second kappa shape index (κ2) is 8.84. The predicted molar refractivity (Wildman–Crippen MR) is 99.4 cm³/mol. The van der Waals surface area contributed by atoms with Gasteiger partial charge < -0.3 is 9.64 Å². The Morgan fingerprint density at radius 3 is 2.26 bits per heavy atom. The zero-order valence-electron chi connectivity index (χ0n) is 14.2. The predicted octanol–water partition coefficient (Wildman–Crippen LogP) is 6.09. The van der Waals surface area contributed by atoms with Crippen LogP contribution in [0.25, 0.3) is 0 Å². The van der Waals surface area contributed by atoms with Crippen molar-refractivity contribution in [3.63, 3.8) is 0 Å². The van der Waals surface area contributed by atoms with Crippen molar-refractivity contribution in [1.82, 2.24) is 0 Å². The second-order valence-electron chi connectivity index (χ2n) is 4.97. The van der Waals surface area contributed by atoms with E-state index in [9.17, 15) is 0 Å². The highest BCUT2D eigenvalue weighted by molar-refractivity contribution is 5.73. The van der Waals surface area contributed by atoms with Crippen LogP contribution in [0.4, 0.5) is 11.4 Å². The van der Waals surface area contributed by atoms with E-state index in [1.807, 2.05) is 38.1 Å². The third kappa shape index (κ3) is 4.04. The van der Waals surface area contributed by atoms with Crippen LogP contribution in [0.3, 0.4) is 0 Å². The van der Waals surface area contributed by atoms with Gasteiger partial charge in [0.25, 0.3) is 0 Å². The summed E-state index contributed by atoms with van der Waals surface area (Å²) in [5, 5.41) is 0. The Hall–Kier alpha value is -2.48. The first-order valence-electron chi connectivity index (χ1n) is 8.24. The fraction of sp³-hybridized carbons (Fsp3) is 0.238. The van der Waals surface area contributed by atoms with Gasteiger partial charge in [-0.1, -0.05) is 56.3 Å². The summed E-state index contributed by atoms with van der Waals surface area (Å²) in [6, 6.07) is 18.6. The van der Waals surface area contributed by atoms with Gasteiger partial charge in [-0.25, -0.2) is 0 Å². The first-order valence-corrected chi connectivity index (χ1v) is 8.24. The van der Waals surface area contributed by atoms with Crippen LogP contribution >= 0.6 is 0 Å². The molecule has 0 radical (unpaired) electrons. The van der Waals surface area contributed by atoms with Gasteiger partial charge in [0.15, 0.2) is 0 Å². The maximum Gasteiger partial charge on any atom is 0.142 e. The number of allylic oxidation sites excluding steroid dienone is 4. The number of para-hydroxylation sites is 3. The van der Waals surface area contributed by atoms with Crippen LogP contribution in [0.2, 0.25) is 0 Å². The lowest BCUT2D eigenvalue weighted by Gasteiger charge is -2.29. The standard InChI is InChI=1S/C19H19NO.C2H6/c1-21-19-15-9-8-14-18(19)20(16-10-4-2-5-11-16)17-12-6-3-7-13-17;1-2/h2-6,8-12,14-15H,7,13H2,1H3;1-2H3. The van der Waals surface area contributed by atoms with E-state index in [0.717, 1.165) is 30.0 Å². The summed E-state index contributed by atoms with van der Waals surface area (Å²) in [5.74, 6) is 0.886. The number of hydrogen-bond acceptors (Lipinski definition) is 2. The molecule has 120 valence electrons. The van der Waals surface area contributed by atoms with Crippen molar-refractivity contribution in [3.05, 3.63) is 78.5 Å². The lowest BCUT2D eigenvalue weighted by atomic mass is 10.1. The molecule has 1 aliphatic carbocycles. The van der Waals surface area contributed by atoms with Crippen LogP contribution in [0.15, 0.2) is 78.5 Å². The Morgan fingerprint density at radius 1 is 0.913 bits per heavy atom. The van der Waals surface area contributed by atoms with Crippen molar-refractivity contribution >= 4 is 11.4 Å². The van der Waals surface area contributed by atoms with E-state index >= 15 is 0 Å². The molecule has 0 amide bonds. The van der Waals surface area contributed by atoms with Gasteiger partial charge in [-0.3, -0.25) is 0 Å². The molecule has 0 aliphatic heterocycles. The van der Waals surface area contributed by atoms with Crippen LogP contribution in [0, 0.1) is 0 Å². The summed E-state index contributed by atoms with van der Waals surface area (Å²) in [6.45, 7) is 4.00. The molecule has 3 rings (SSSR count). The minimum atomic E-state index is 0.886. The Labute approximate surface area is 139 Å². The zero-order chi connectivity index (χ0) is 16.5. The third-order valence-corrected chi connectivity index (χ3v) is 3.62. The van der Waals surface area contributed by atoms with Gasteiger partial charge in [0.1, 0.15) is 5.75 Å². The Kier molecular flexibility index (Phi) is 6.49. The molecule has 23 heavy (non-hydrogen) atoms. The number of ether oxygens (including phenoxy) is 1. The molecule has 0 fully saturated rings. The van der Waals surface area contributed by atoms with E-state index in [1.54, 1.807) is 7.11 Å². The summed E-state index contributed by atoms with van der Waals surface area (Å²) in [6.07, 6.45) is 8.62. The summed E-state index contributed by atoms with van der Waals surface area (Å²) in [4.78, 5) is 2.28. The fourth-order valence-electron chi connectivity index (χ4n) is 2.63. The molecule has 0 N–H and O–H groups in total. The highest BCUT2D eigenvalue weighted by Gasteiger charge is 2.18. The fourth-order valence-corrected chi connectivity index (χ4v) is 2.63. The van der Waals surface area contributed by atoms with Crippen molar-refractivity contribution in [2.45, 2.75) is 26.7 Å². The average molecular weight is 307 g/mol. The first kappa shape index (κ1) is 16.9. The Morgan fingerprint density at radius 2 is 1.61 bits per heavy atom. The van der Waals surface area contributed by atoms with Gasteiger partial charge in [0, 0.05) is 11.4 Å². The van der Waals surface area contributed by atoms with E-state index in [0.29, 0.717) is 0 Å². The monoisotopic (exact) mass is 307 g/mol. The van der Waals surface area contributed by atoms with Gasteiger partial charge in [-0.2, -0.15) is 0 Å². The molecule has 2 aromatic carbocycles. The van der Waals surface area contributed by atoms with Crippen molar-refractivity contribution in [2.75, 3.05) is 12.0 Å². The minimum absolute atomic E-state index is 0.886. The van der Waals surface area contributed by atoms with Crippen molar-refractivity contribution < 1.29 is 4.74 Å². The van der Waals surface area contributed by atoms with E-state index in [1.165, 1.54) is 5.70 Å². The smallest absolute Gasteiger partial charge is 0.142 e. The minimum Gasteiger partial charge on any atom is -0.495 e. The maximum absolute atomic E-state index is 5.55. The average Bonchev–Trinajstić information content (AvgIpc) is 2.66. The van der Waals surface area contributed by atoms with Crippen LogP contribution in [-0.4, -0.2) is 7.11 Å². The molecule has 0 heterocycles. The molecule has 0 saturated heterocycles. The molecule has 0 saturated carbocycles. The zero-order valence-corrected chi connectivity index (χ0v) is 14.2. The number of nitrogens with zero attached hydrogens (tertiary/aromatic N) is 1. The van der Waals surface area contributed by atoms with Crippen LogP contribution in [-0.2, 0) is 0 Å². The molecule has 0 aromatic heterocycles. The molecular weight excluding hydrogens is 282 g/mol. The number of anilines is 2. The van der Waals surface area contributed by atoms with Gasteiger partial charge in [-0.05, 0) is 43.2 Å². The number of methoxy groups -OCH3 is 1. The quantitative estimate of drug-likeness (QED) is 0.677. The normalized spacial score (nSPS) is 12.7. The first-order chi connectivity index (χ1) is 11.4. The van der Waals surface area contributed by atoms with Gasteiger partial charge >= 0.3 is 0 Å². The summed E-state index contributed by atoms with van der Waals surface area (Å²) < 4.78 is 5.55. The van der Waals surface area contributed by atoms with Crippen LogP contribution in [0.1, 0.15) is 26.7 Å². The van der Waals surface area contributed by atoms with Crippen molar-refractivity contribution in [1.29, 1.82) is 0 Å². The molecule has 2 nitrogen and oxygen atoms in total. The molecule has 0 spiro atoms. The van der Waals surface area contributed by atoms with E-state index in [2.05, 4.69) is 53.5 Å². The van der Waals surface area contributed by atoms with E-state index < -0.39 is 0 Å². The highest BCUT2D eigenvalue weighted by Crippen LogP contribution is 2.38. The molecular formula is C21H25NO.